The van der Waals surface area contributed by atoms with Crippen molar-refractivity contribution in [1.29, 1.82) is 0 Å². The second-order valence-electron chi connectivity index (χ2n) is 5.90. The Kier molecular flexibility index (Phi) is 3.99. The number of carbonyl (C=O) groups is 3. The Hall–Kier alpha value is -2.48. The lowest BCUT2D eigenvalue weighted by Crippen LogP contribution is -2.53. The summed E-state index contributed by atoms with van der Waals surface area (Å²) in [6.45, 7) is 1.13. The highest BCUT2D eigenvalue weighted by molar-refractivity contribution is 6.07. The normalized spacial score (nSPS) is 25.9. The van der Waals surface area contributed by atoms with E-state index < -0.39 is 17.5 Å². The third-order valence-electron chi connectivity index (χ3n) is 4.57. The summed E-state index contributed by atoms with van der Waals surface area (Å²) in [6, 6.07) is 3.00. The molecule has 3 heterocycles. The molecule has 1 aromatic heterocycles. The van der Waals surface area contributed by atoms with E-state index in [0.717, 1.165) is 0 Å². The standard InChI is InChI=1S/C15H18N4O4/c20-12(21)9-19-6-3-10(4-7-19)15(11-2-1-5-16-8-11)13(22)17-14(23)18-15/h1-2,5,8,10H,3-4,6-7,9H2,(H,20,21)(H2,17,18,22,23). The lowest BCUT2D eigenvalue weighted by Gasteiger charge is -2.40. The van der Waals surface area contributed by atoms with Gasteiger partial charge in [-0.3, -0.25) is 24.8 Å². The topological polar surface area (TPSA) is 112 Å². The summed E-state index contributed by atoms with van der Waals surface area (Å²) < 4.78 is 0. The van der Waals surface area contributed by atoms with Crippen LogP contribution in [0.25, 0.3) is 0 Å². The zero-order chi connectivity index (χ0) is 16.4. The van der Waals surface area contributed by atoms with E-state index in [1.54, 1.807) is 24.5 Å². The van der Waals surface area contributed by atoms with Crippen LogP contribution in [-0.2, 0) is 15.1 Å². The molecule has 1 aromatic rings. The molecular weight excluding hydrogens is 300 g/mol. The van der Waals surface area contributed by atoms with Crippen molar-refractivity contribution in [3.05, 3.63) is 30.1 Å². The Bertz CT molecular complexity index is 628. The number of rotatable bonds is 4. The third-order valence-corrected chi connectivity index (χ3v) is 4.57. The minimum atomic E-state index is -1.12. The number of piperidine rings is 1. The molecule has 2 saturated heterocycles. The first-order chi connectivity index (χ1) is 11.0. The van der Waals surface area contributed by atoms with Crippen molar-refractivity contribution in [2.45, 2.75) is 18.4 Å². The van der Waals surface area contributed by atoms with Crippen LogP contribution in [0.4, 0.5) is 4.79 Å². The summed E-state index contributed by atoms with van der Waals surface area (Å²) >= 11 is 0. The van der Waals surface area contributed by atoms with Gasteiger partial charge in [0.05, 0.1) is 6.54 Å². The Morgan fingerprint density at radius 3 is 2.65 bits per heavy atom. The first kappa shape index (κ1) is 15.4. The predicted octanol–water partition coefficient (Wildman–Crippen LogP) is -0.0871. The van der Waals surface area contributed by atoms with Gasteiger partial charge in [0.2, 0.25) is 0 Å². The molecule has 2 aliphatic rings. The van der Waals surface area contributed by atoms with Crippen LogP contribution in [0.3, 0.4) is 0 Å². The van der Waals surface area contributed by atoms with Gasteiger partial charge in [0.15, 0.2) is 5.54 Å². The molecule has 3 amide bonds. The van der Waals surface area contributed by atoms with Gasteiger partial charge in [0.25, 0.3) is 5.91 Å². The van der Waals surface area contributed by atoms with E-state index in [1.807, 2.05) is 4.90 Å². The van der Waals surface area contributed by atoms with Crippen LogP contribution in [0.1, 0.15) is 18.4 Å². The van der Waals surface area contributed by atoms with Crippen LogP contribution < -0.4 is 10.6 Å². The van der Waals surface area contributed by atoms with Crippen molar-refractivity contribution in [3.8, 4) is 0 Å². The minimum Gasteiger partial charge on any atom is -0.480 e. The van der Waals surface area contributed by atoms with E-state index in [2.05, 4.69) is 15.6 Å². The molecule has 2 fully saturated rings. The first-order valence-corrected chi connectivity index (χ1v) is 7.50. The van der Waals surface area contributed by atoms with Gasteiger partial charge in [-0.05, 0) is 37.9 Å². The summed E-state index contributed by atoms with van der Waals surface area (Å²) in [5.74, 6) is -1.34. The molecule has 0 radical (unpaired) electrons. The Morgan fingerprint density at radius 2 is 2.13 bits per heavy atom. The molecule has 0 bridgehead atoms. The zero-order valence-electron chi connectivity index (χ0n) is 12.5. The highest BCUT2D eigenvalue weighted by Gasteiger charge is 2.53. The number of carboxylic acid groups (broad SMARTS) is 1. The van der Waals surface area contributed by atoms with Gasteiger partial charge in [-0.25, -0.2) is 4.79 Å². The summed E-state index contributed by atoms with van der Waals surface area (Å²) in [4.78, 5) is 41.0. The Morgan fingerprint density at radius 1 is 1.39 bits per heavy atom. The summed E-state index contributed by atoms with van der Waals surface area (Å²) in [5.41, 5.74) is -0.472. The fraction of sp³-hybridized carbons (Fsp3) is 0.467. The van der Waals surface area contributed by atoms with E-state index in [0.29, 0.717) is 31.5 Å². The number of aliphatic carboxylic acids is 1. The lowest BCUT2D eigenvalue weighted by molar-refractivity contribution is -0.139. The number of carbonyl (C=O) groups excluding carboxylic acids is 2. The average Bonchev–Trinajstić information content (AvgIpc) is 2.84. The number of urea groups is 1. The number of imide groups is 1. The van der Waals surface area contributed by atoms with Crippen LogP contribution in [0.2, 0.25) is 0 Å². The molecule has 1 atom stereocenters. The molecule has 8 nitrogen and oxygen atoms in total. The largest absolute Gasteiger partial charge is 0.480 e. The zero-order valence-corrected chi connectivity index (χ0v) is 12.5. The smallest absolute Gasteiger partial charge is 0.322 e. The van der Waals surface area contributed by atoms with E-state index in [1.165, 1.54) is 0 Å². The van der Waals surface area contributed by atoms with Crippen molar-refractivity contribution < 1.29 is 19.5 Å². The van der Waals surface area contributed by atoms with Crippen LogP contribution in [0.15, 0.2) is 24.5 Å². The van der Waals surface area contributed by atoms with Crippen LogP contribution >= 0.6 is 0 Å². The fourth-order valence-electron chi connectivity index (χ4n) is 3.51. The van der Waals surface area contributed by atoms with Crippen molar-refractivity contribution in [1.82, 2.24) is 20.5 Å². The van der Waals surface area contributed by atoms with Gasteiger partial charge in [-0.2, -0.15) is 0 Å². The van der Waals surface area contributed by atoms with Crippen molar-refractivity contribution in [2.24, 2.45) is 5.92 Å². The Balaban J connectivity index is 1.85. The monoisotopic (exact) mass is 318 g/mol. The maximum atomic E-state index is 12.5. The van der Waals surface area contributed by atoms with Crippen molar-refractivity contribution >= 4 is 17.9 Å². The lowest BCUT2D eigenvalue weighted by atomic mass is 9.73. The van der Waals surface area contributed by atoms with E-state index in [-0.39, 0.29) is 18.4 Å². The minimum absolute atomic E-state index is 0.00876. The molecule has 122 valence electrons. The maximum absolute atomic E-state index is 12.5. The number of nitrogens with one attached hydrogen (secondary N) is 2. The number of hydrogen-bond acceptors (Lipinski definition) is 5. The van der Waals surface area contributed by atoms with Crippen LogP contribution in [-0.4, -0.2) is 52.5 Å². The summed E-state index contributed by atoms with van der Waals surface area (Å²) in [6.07, 6.45) is 4.45. The highest BCUT2D eigenvalue weighted by Crippen LogP contribution is 2.38. The fourth-order valence-corrected chi connectivity index (χ4v) is 3.51. The molecule has 0 saturated carbocycles. The van der Waals surface area contributed by atoms with Crippen molar-refractivity contribution in [2.75, 3.05) is 19.6 Å². The number of nitrogens with zero attached hydrogens (tertiary/aromatic N) is 2. The number of hydrogen-bond donors (Lipinski definition) is 3. The number of pyridine rings is 1. The molecule has 23 heavy (non-hydrogen) atoms. The predicted molar refractivity (Wildman–Crippen MR) is 79.4 cm³/mol. The van der Waals surface area contributed by atoms with Gasteiger partial charge in [0, 0.05) is 18.0 Å². The van der Waals surface area contributed by atoms with Gasteiger partial charge in [0.1, 0.15) is 0 Å². The van der Waals surface area contributed by atoms with Gasteiger partial charge in [-0.15, -0.1) is 0 Å². The molecule has 3 rings (SSSR count). The van der Waals surface area contributed by atoms with E-state index in [9.17, 15) is 14.4 Å². The van der Waals surface area contributed by atoms with E-state index in [4.69, 9.17) is 5.11 Å². The van der Waals surface area contributed by atoms with Gasteiger partial charge in [-0.1, -0.05) is 6.07 Å². The molecule has 0 spiro atoms. The number of aromatic nitrogens is 1. The van der Waals surface area contributed by atoms with Gasteiger partial charge >= 0.3 is 12.0 Å². The molecule has 1 unspecified atom stereocenters. The average molecular weight is 318 g/mol. The second-order valence-corrected chi connectivity index (χ2v) is 5.90. The molecule has 3 N–H and O–H groups in total. The maximum Gasteiger partial charge on any atom is 0.322 e. The van der Waals surface area contributed by atoms with Crippen molar-refractivity contribution in [3.63, 3.8) is 0 Å². The number of carboxylic acids is 1. The number of likely N-dealkylation sites (tertiary alicyclic amines) is 1. The van der Waals surface area contributed by atoms with E-state index >= 15 is 0 Å². The summed E-state index contributed by atoms with van der Waals surface area (Å²) in [7, 11) is 0. The van der Waals surface area contributed by atoms with Crippen LogP contribution in [0, 0.1) is 5.92 Å². The number of amides is 3. The quantitative estimate of drug-likeness (QED) is 0.669. The Labute approximate surface area is 132 Å². The molecular formula is C15H18N4O4. The molecule has 0 aromatic carbocycles. The highest BCUT2D eigenvalue weighted by atomic mass is 16.4. The first-order valence-electron chi connectivity index (χ1n) is 7.50. The molecule has 0 aliphatic carbocycles. The van der Waals surface area contributed by atoms with Gasteiger partial charge < -0.3 is 10.4 Å². The third kappa shape index (κ3) is 2.77. The molecule has 2 aliphatic heterocycles. The molecule has 8 heteroatoms. The summed E-state index contributed by atoms with van der Waals surface area (Å²) in [5, 5.41) is 14.0. The SMILES string of the molecule is O=C(O)CN1CCC(C2(c3cccnc3)NC(=O)NC2=O)CC1. The second kappa shape index (κ2) is 5.96. The van der Waals surface area contributed by atoms with Crippen LogP contribution in [0.5, 0.6) is 0 Å².